The highest BCUT2D eigenvalue weighted by atomic mass is 19.1. The zero-order chi connectivity index (χ0) is 19.1. The van der Waals surface area contributed by atoms with Crippen molar-refractivity contribution in [3.05, 3.63) is 65.5 Å². The highest BCUT2D eigenvalue weighted by molar-refractivity contribution is 5.95. The van der Waals surface area contributed by atoms with E-state index in [2.05, 4.69) is 22.3 Å². The van der Waals surface area contributed by atoms with E-state index < -0.39 is 0 Å². The van der Waals surface area contributed by atoms with Crippen molar-refractivity contribution in [1.29, 1.82) is 0 Å². The van der Waals surface area contributed by atoms with Crippen LogP contribution >= 0.6 is 0 Å². The summed E-state index contributed by atoms with van der Waals surface area (Å²) in [6, 6.07) is 14.7. The minimum atomic E-state index is -0.241. The number of anilines is 1. The number of nitrogens with zero attached hydrogens (tertiary/aromatic N) is 2. The van der Waals surface area contributed by atoms with E-state index in [-0.39, 0.29) is 17.8 Å². The first kappa shape index (κ1) is 17.7. The molecular weight excluding hydrogens is 353 g/mol. The monoisotopic (exact) mass is 379 g/mol. The molecule has 0 spiro atoms. The number of rotatable bonds is 3. The molecule has 1 N–H and O–H groups in total. The maximum Gasteiger partial charge on any atom is 0.254 e. The third kappa shape index (κ3) is 3.08. The summed E-state index contributed by atoms with van der Waals surface area (Å²) in [7, 11) is 0. The molecular formula is C23H26FN3O. The molecule has 0 unspecified atom stereocenters. The standard InChI is InChI=1S/C23H26FN3O/c24-19-5-3-4-17(12-19)22-21-14-25-13-18(21)15-27(22)23(28)16-6-8-20(9-7-16)26-10-1-2-11-26/h3-9,12,18,21-22,25H,1-2,10-11,13-15H2/t18-,21-,22+/m0/s1. The van der Waals surface area contributed by atoms with Gasteiger partial charge in [0.15, 0.2) is 0 Å². The molecule has 0 saturated carbocycles. The lowest BCUT2D eigenvalue weighted by Crippen LogP contribution is -2.34. The van der Waals surface area contributed by atoms with Gasteiger partial charge in [0.25, 0.3) is 5.91 Å². The van der Waals surface area contributed by atoms with Gasteiger partial charge in [-0.25, -0.2) is 4.39 Å². The van der Waals surface area contributed by atoms with Crippen LogP contribution in [0, 0.1) is 17.7 Å². The van der Waals surface area contributed by atoms with Crippen LogP contribution in [0.15, 0.2) is 48.5 Å². The Morgan fingerprint density at radius 2 is 1.82 bits per heavy atom. The van der Waals surface area contributed by atoms with Crippen molar-refractivity contribution < 1.29 is 9.18 Å². The van der Waals surface area contributed by atoms with Gasteiger partial charge in [0.1, 0.15) is 5.82 Å². The second-order valence-electron chi connectivity index (χ2n) is 8.28. The van der Waals surface area contributed by atoms with Crippen molar-refractivity contribution in [2.75, 3.05) is 37.6 Å². The summed E-state index contributed by atoms with van der Waals surface area (Å²) < 4.78 is 13.9. The topological polar surface area (TPSA) is 35.6 Å². The number of likely N-dealkylation sites (tertiary alicyclic amines) is 1. The van der Waals surface area contributed by atoms with E-state index in [0.717, 1.165) is 43.9 Å². The Kier molecular flexibility index (Phi) is 4.55. The zero-order valence-electron chi connectivity index (χ0n) is 16.0. The Morgan fingerprint density at radius 3 is 2.57 bits per heavy atom. The number of hydrogen-bond acceptors (Lipinski definition) is 3. The molecule has 4 nitrogen and oxygen atoms in total. The molecule has 3 aliphatic rings. The predicted octanol–water partition coefficient (Wildman–Crippen LogP) is 3.46. The number of amides is 1. The number of carbonyl (C=O) groups is 1. The summed E-state index contributed by atoms with van der Waals surface area (Å²) in [5.41, 5.74) is 2.81. The van der Waals surface area contributed by atoms with Gasteiger partial charge in [0.05, 0.1) is 6.04 Å². The smallest absolute Gasteiger partial charge is 0.254 e. The molecule has 0 aliphatic carbocycles. The van der Waals surface area contributed by atoms with Crippen LogP contribution in [-0.2, 0) is 0 Å². The summed E-state index contributed by atoms with van der Waals surface area (Å²) in [6.45, 7) is 4.72. The minimum Gasteiger partial charge on any atom is -0.372 e. The molecule has 28 heavy (non-hydrogen) atoms. The molecule has 3 atom stereocenters. The Morgan fingerprint density at radius 1 is 1.04 bits per heavy atom. The normalized spacial score (nSPS) is 26.7. The lowest BCUT2D eigenvalue weighted by Gasteiger charge is -2.29. The summed E-state index contributed by atoms with van der Waals surface area (Å²) in [5, 5.41) is 3.44. The molecule has 0 bridgehead atoms. The van der Waals surface area contributed by atoms with Crippen LogP contribution in [0.1, 0.15) is 34.8 Å². The predicted molar refractivity (Wildman–Crippen MR) is 108 cm³/mol. The summed E-state index contributed by atoms with van der Waals surface area (Å²) >= 11 is 0. The summed E-state index contributed by atoms with van der Waals surface area (Å²) in [4.78, 5) is 17.7. The number of fused-ring (bicyclic) bond motifs is 1. The molecule has 3 aliphatic heterocycles. The second kappa shape index (κ2) is 7.21. The average molecular weight is 379 g/mol. The molecule has 2 aromatic carbocycles. The third-order valence-corrected chi connectivity index (χ3v) is 6.60. The molecule has 0 radical (unpaired) electrons. The lowest BCUT2D eigenvalue weighted by atomic mass is 9.89. The molecule has 2 aromatic rings. The van der Waals surface area contributed by atoms with Crippen LogP contribution in [0.25, 0.3) is 0 Å². The molecule has 5 rings (SSSR count). The van der Waals surface area contributed by atoms with Crippen molar-refractivity contribution >= 4 is 11.6 Å². The fourth-order valence-electron chi connectivity index (χ4n) is 5.20. The van der Waals surface area contributed by atoms with E-state index in [0.29, 0.717) is 11.8 Å². The van der Waals surface area contributed by atoms with Gasteiger partial charge in [-0.05, 0) is 60.7 Å². The SMILES string of the molecule is O=C(c1ccc(N2CCCC2)cc1)N1C[C@@H]2CNC[C@@H]2[C@H]1c1cccc(F)c1. The fraction of sp³-hybridized carbons (Fsp3) is 0.435. The van der Waals surface area contributed by atoms with Gasteiger partial charge in [0, 0.05) is 49.9 Å². The summed E-state index contributed by atoms with van der Waals surface area (Å²) in [5.74, 6) is 0.585. The fourth-order valence-corrected chi connectivity index (χ4v) is 5.20. The van der Waals surface area contributed by atoms with E-state index in [9.17, 15) is 9.18 Å². The van der Waals surface area contributed by atoms with Crippen LogP contribution in [0.2, 0.25) is 0 Å². The number of nitrogens with one attached hydrogen (secondary N) is 1. The van der Waals surface area contributed by atoms with E-state index in [1.165, 1.54) is 24.6 Å². The van der Waals surface area contributed by atoms with Gasteiger partial charge in [-0.3, -0.25) is 4.79 Å². The minimum absolute atomic E-state index is 0.0524. The van der Waals surface area contributed by atoms with Gasteiger partial charge in [0.2, 0.25) is 0 Å². The highest BCUT2D eigenvalue weighted by Crippen LogP contribution is 2.43. The summed E-state index contributed by atoms with van der Waals surface area (Å²) in [6.07, 6.45) is 2.47. The first-order chi connectivity index (χ1) is 13.7. The number of hydrogen-bond donors (Lipinski definition) is 1. The van der Waals surface area contributed by atoms with Crippen LogP contribution in [0.5, 0.6) is 0 Å². The molecule has 5 heteroatoms. The van der Waals surface area contributed by atoms with E-state index in [4.69, 9.17) is 0 Å². The number of halogens is 1. The Balaban J connectivity index is 1.42. The Bertz CT molecular complexity index is 862. The molecule has 3 heterocycles. The Hall–Kier alpha value is -2.40. The zero-order valence-corrected chi connectivity index (χ0v) is 16.0. The van der Waals surface area contributed by atoms with Gasteiger partial charge >= 0.3 is 0 Å². The average Bonchev–Trinajstić information content (AvgIpc) is 3.44. The maximum atomic E-state index is 13.9. The van der Waals surface area contributed by atoms with Crippen LogP contribution in [0.4, 0.5) is 10.1 Å². The molecule has 146 valence electrons. The molecule has 1 amide bonds. The van der Waals surface area contributed by atoms with E-state index >= 15 is 0 Å². The number of benzene rings is 2. The van der Waals surface area contributed by atoms with Crippen molar-refractivity contribution in [3.63, 3.8) is 0 Å². The molecule has 3 fully saturated rings. The molecule has 3 saturated heterocycles. The van der Waals surface area contributed by atoms with Crippen molar-refractivity contribution in [2.24, 2.45) is 11.8 Å². The van der Waals surface area contributed by atoms with E-state index in [1.807, 2.05) is 23.1 Å². The second-order valence-corrected chi connectivity index (χ2v) is 8.28. The van der Waals surface area contributed by atoms with Crippen molar-refractivity contribution in [2.45, 2.75) is 18.9 Å². The van der Waals surface area contributed by atoms with Crippen LogP contribution < -0.4 is 10.2 Å². The van der Waals surface area contributed by atoms with Crippen LogP contribution in [0.3, 0.4) is 0 Å². The first-order valence-corrected chi connectivity index (χ1v) is 10.3. The van der Waals surface area contributed by atoms with Crippen molar-refractivity contribution in [1.82, 2.24) is 10.2 Å². The Labute approximate surface area is 165 Å². The lowest BCUT2D eigenvalue weighted by molar-refractivity contribution is 0.0714. The maximum absolute atomic E-state index is 13.9. The largest absolute Gasteiger partial charge is 0.372 e. The van der Waals surface area contributed by atoms with Gasteiger partial charge < -0.3 is 15.1 Å². The highest BCUT2D eigenvalue weighted by Gasteiger charge is 2.46. The quantitative estimate of drug-likeness (QED) is 0.887. The van der Waals surface area contributed by atoms with Gasteiger partial charge in [-0.1, -0.05) is 12.1 Å². The van der Waals surface area contributed by atoms with Crippen LogP contribution in [-0.4, -0.2) is 43.5 Å². The number of carbonyl (C=O) groups excluding carboxylic acids is 1. The van der Waals surface area contributed by atoms with Gasteiger partial charge in [-0.15, -0.1) is 0 Å². The van der Waals surface area contributed by atoms with E-state index in [1.54, 1.807) is 12.1 Å². The van der Waals surface area contributed by atoms with Crippen molar-refractivity contribution in [3.8, 4) is 0 Å². The third-order valence-electron chi connectivity index (χ3n) is 6.60. The molecule has 0 aromatic heterocycles. The van der Waals surface area contributed by atoms with Gasteiger partial charge in [-0.2, -0.15) is 0 Å². The first-order valence-electron chi connectivity index (χ1n) is 10.3.